The number of nitrogens with two attached hydrogens (primary N) is 1. The Kier molecular flexibility index (Phi) is 6.91. The van der Waals surface area contributed by atoms with Crippen LogP contribution in [0.15, 0.2) is 67.0 Å². The van der Waals surface area contributed by atoms with Gasteiger partial charge in [-0.3, -0.25) is 9.59 Å². The zero-order chi connectivity index (χ0) is 21.3. The number of primary amides is 1. The number of hydrogen-bond donors (Lipinski definition) is 2. The molecule has 0 saturated carbocycles. The number of carbonyl (C=O) groups is 3. The van der Waals surface area contributed by atoms with Crippen LogP contribution in [-0.2, 0) is 16.2 Å². The van der Waals surface area contributed by atoms with Gasteiger partial charge in [0.1, 0.15) is 13.3 Å². The van der Waals surface area contributed by atoms with Gasteiger partial charge in [-0.1, -0.05) is 36.4 Å². The molecule has 3 N–H and O–H groups in total. The molecule has 9 heteroatoms. The van der Waals surface area contributed by atoms with Gasteiger partial charge < -0.3 is 25.1 Å². The number of carbonyl (C=O) groups excluding carboxylic acids is 3. The highest BCUT2D eigenvalue weighted by atomic mass is 16.6. The summed E-state index contributed by atoms with van der Waals surface area (Å²) in [5.41, 5.74) is 6.30. The number of hydrogen-bond acceptors (Lipinski definition) is 6. The Balaban J connectivity index is 1.53. The predicted octanol–water partition coefficient (Wildman–Crippen LogP) is 2.07. The Morgan fingerprint density at radius 1 is 0.933 bits per heavy atom. The summed E-state index contributed by atoms with van der Waals surface area (Å²) in [7, 11) is 0. The molecule has 3 aromatic rings. The standard InChI is InChI=1S/C21H20N4O5/c22-18(26)17-19(24-20(27)15-7-3-1-4-8-15)23-13-25(17)14-29-11-12-30-21(28)16-9-5-2-6-10-16/h1-10,13H,11-12,14H2,(H2,22,26)(H,24,27). The summed E-state index contributed by atoms with van der Waals surface area (Å²) in [6.45, 7) is 0.0714. The number of nitrogens with one attached hydrogen (secondary N) is 1. The minimum atomic E-state index is -0.769. The number of anilines is 1. The molecule has 3 rings (SSSR count). The number of esters is 1. The first-order valence-corrected chi connectivity index (χ1v) is 9.07. The van der Waals surface area contributed by atoms with Gasteiger partial charge in [0, 0.05) is 5.56 Å². The van der Waals surface area contributed by atoms with E-state index in [0.717, 1.165) is 0 Å². The highest BCUT2D eigenvalue weighted by Gasteiger charge is 2.19. The molecular weight excluding hydrogens is 388 g/mol. The minimum absolute atomic E-state index is 0.000520. The summed E-state index contributed by atoms with van der Waals surface area (Å²) in [6, 6.07) is 17.1. The number of imidazole rings is 1. The molecule has 1 heterocycles. The quantitative estimate of drug-likeness (QED) is 0.412. The van der Waals surface area contributed by atoms with E-state index >= 15 is 0 Å². The van der Waals surface area contributed by atoms with Crippen LogP contribution in [0.5, 0.6) is 0 Å². The van der Waals surface area contributed by atoms with Gasteiger partial charge in [-0.05, 0) is 24.3 Å². The maximum atomic E-state index is 12.3. The van der Waals surface area contributed by atoms with Crippen molar-refractivity contribution in [2.45, 2.75) is 6.73 Å². The van der Waals surface area contributed by atoms with E-state index in [-0.39, 0.29) is 31.5 Å². The van der Waals surface area contributed by atoms with Gasteiger partial charge in [0.2, 0.25) is 0 Å². The van der Waals surface area contributed by atoms with Gasteiger partial charge in [0.25, 0.3) is 11.8 Å². The van der Waals surface area contributed by atoms with E-state index < -0.39 is 17.8 Å². The van der Waals surface area contributed by atoms with E-state index in [1.807, 2.05) is 0 Å². The van der Waals surface area contributed by atoms with Crippen LogP contribution in [0.25, 0.3) is 0 Å². The van der Waals surface area contributed by atoms with Crippen LogP contribution in [0.4, 0.5) is 5.82 Å². The van der Waals surface area contributed by atoms with Crippen molar-refractivity contribution in [1.82, 2.24) is 9.55 Å². The van der Waals surface area contributed by atoms with Crippen molar-refractivity contribution in [2.75, 3.05) is 18.5 Å². The number of rotatable bonds is 9. The smallest absolute Gasteiger partial charge is 0.338 e. The maximum absolute atomic E-state index is 12.3. The van der Waals surface area contributed by atoms with Gasteiger partial charge in [0.15, 0.2) is 11.5 Å². The lowest BCUT2D eigenvalue weighted by molar-refractivity contribution is 0.0169. The first kappa shape index (κ1) is 20.7. The van der Waals surface area contributed by atoms with Crippen molar-refractivity contribution < 1.29 is 23.9 Å². The molecule has 2 amide bonds. The molecule has 0 atom stereocenters. The lowest BCUT2D eigenvalue weighted by atomic mass is 10.2. The second-order valence-corrected chi connectivity index (χ2v) is 6.14. The fourth-order valence-corrected chi connectivity index (χ4v) is 2.61. The Hall–Kier alpha value is -3.98. The molecule has 0 spiro atoms. The molecule has 0 saturated heterocycles. The molecular formula is C21H20N4O5. The lowest BCUT2D eigenvalue weighted by Gasteiger charge is -2.09. The predicted molar refractivity (Wildman–Crippen MR) is 108 cm³/mol. The molecule has 0 radical (unpaired) electrons. The topological polar surface area (TPSA) is 126 Å². The minimum Gasteiger partial charge on any atom is -0.460 e. The third-order valence-electron chi connectivity index (χ3n) is 4.04. The summed E-state index contributed by atoms with van der Waals surface area (Å²) >= 11 is 0. The monoisotopic (exact) mass is 408 g/mol. The number of benzene rings is 2. The van der Waals surface area contributed by atoms with Crippen LogP contribution in [0.1, 0.15) is 31.2 Å². The van der Waals surface area contributed by atoms with Crippen LogP contribution in [0, 0.1) is 0 Å². The van der Waals surface area contributed by atoms with Crippen LogP contribution in [-0.4, -0.2) is 40.5 Å². The van der Waals surface area contributed by atoms with Crippen molar-refractivity contribution in [3.05, 3.63) is 83.8 Å². The molecule has 2 aromatic carbocycles. The van der Waals surface area contributed by atoms with Gasteiger partial charge in [-0.2, -0.15) is 0 Å². The summed E-state index contributed by atoms with van der Waals surface area (Å²) in [5.74, 6) is -1.60. The zero-order valence-corrected chi connectivity index (χ0v) is 16.0. The highest BCUT2D eigenvalue weighted by molar-refractivity contribution is 6.07. The molecule has 0 aliphatic rings. The van der Waals surface area contributed by atoms with Crippen molar-refractivity contribution >= 4 is 23.6 Å². The Morgan fingerprint density at radius 2 is 1.57 bits per heavy atom. The van der Waals surface area contributed by atoms with E-state index in [4.69, 9.17) is 15.2 Å². The summed E-state index contributed by atoms with van der Waals surface area (Å²) < 4.78 is 11.9. The highest BCUT2D eigenvalue weighted by Crippen LogP contribution is 2.15. The third kappa shape index (κ3) is 5.30. The molecule has 30 heavy (non-hydrogen) atoms. The van der Waals surface area contributed by atoms with Crippen molar-refractivity contribution in [2.24, 2.45) is 5.73 Å². The first-order valence-electron chi connectivity index (χ1n) is 9.07. The first-order chi connectivity index (χ1) is 14.6. The Morgan fingerprint density at radius 3 is 2.20 bits per heavy atom. The summed E-state index contributed by atoms with van der Waals surface area (Å²) in [5, 5.41) is 2.57. The molecule has 0 aliphatic heterocycles. The molecule has 9 nitrogen and oxygen atoms in total. The van der Waals surface area contributed by atoms with Gasteiger partial charge in [-0.15, -0.1) is 0 Å². The molecule has 0 fully saturated rings. The molecule has 0 aliphatic carbocycles. The second kappa shape index (κ2) is 9.99. The number of nitrogens with zero attached hydrogens (tertiary/aromatic N) is 2. The maximum Gasteiger partial charge on any atom is 0.338 e. The third-order valence-corrected chi connectivity index (χ3v) is 4.04. The average molecular weight is 408 g/mol. The van der Waals surface area contributed by atoms with Crippen molar-refractivity contribution in [3.8, 4) is 0 Å². The molecule has 0 unspecified atom stereocenters. The van der Waals surface area contributed by atoms with Crippen LogP contribution >= 0.6 is 0 Å². The van der Waals surface area contributed by atoms with Crippen LogP contribution < -0.4 is 11.1 Å². The largest absolute Gasteiger partial charge is 0.460 e. The zero-order valence-electron chi connectivity index (χ0n) is 16.0. The molecule has 1 aromatic heterocycles. The Labute approximate surface area is 172 Å². The second-order valence-electron chi connectivity index (χ2n) is 6.14. The lowest BCUT2D eigenvalue weighted by Crippen LogP contribution is -2.22. The van der Waals surface area contributed by atoms with E-state index in [2.05, 4.69) is 10.3 Å². The summed E-state index contributed by atoms with van der Waals surface area (Å²) in [6.07, 6.45) is 1.33. The van der Waals surface area contributed by atoms with Gasteiger partial charge >= 0.3 is 5.97 Å². The fraction of sp³-hybridized carbons (Fsp3) is 0.143. The SMILES string of the molecule is NC(=O)c1c(NC(=O)c2ccccc2)ncn1COCCOC(=O)c1ccccc1. The van der Waals surface area contributed by atoms with Gasteiger partial charge in [-0.25, -0.2) is 9.78 Å². The van der Waals surface area contributed by atoms with E-state index in [1.165, 1.54) is 10.9 Å². The molecule has 154 valence electrons. The van der Waals surface area contributed by atoms with E-state index in [1.54, 1.807) is 60.7 Å². The van der Waals surface area contributed by atoms with Gasteiger partial charge in [0.05, 0.1) is 18.5 Å². The number of aromatic nitrogens is 2. The van der Waals surface area contributed by atoms with Crippen molar-refractivity contribution in [1.29, 1.82) is 0 Å². The fourth-order valence-electron chi connectivity index (χ4n) is 2.61. The van der Waals surface area contributed by atoms with Crippen LogP contribution in [0.2, 0.25) is 0 Å². The normalized spacial score (nSPS) is 10.4. The van der Waals surface area contributed by atoms with Crippen molar-refractivity contribution in [3.63, 3.8) is 0 Å². The Bertz CT molecular complexity index is 1020. The van der Waals surface area contributed by atoms with E-state index in [9.17, 15) is 14.4 Å². The molecule has 0 bridgehead atoms. The van der Waals surface area contributed by atoms with E-state index in [0.29, 0.717) is 11.1 Å². The average Bonchev–Trinajstić information content (AvgIpc) is 3.17. The van der Waals surface area contributed by atoms with Crippen LogP contribution in [0.3, 0.4) is 0 Å². The number of ether oxygens (including phenoxy) is 2. The summed E-state index contributed by atoms with van der Waals surface area (Å²) in [4.78, 5) is 40.0. The number of amides is 2.